The van der Waals surface area contributed by atoms with Crippen LogP contribution in [0.5, 0.6) is 0 Å². The molecule has 2 aliphatic heterocycles. The lowest BCUT2D eigenvalue weighted by molar-refractivity contribution is -0.191. The zero-order valence-corrected chi connectivity index (χ0v) is 11.0. The Morgan fingerprint density at radius 2 is 2.00 bits per heavy atom. The van der Waals surface area contributed by atoms with E-state index < -0.39 is 0 Å². The van der Waals surface area contributed by atoms with E-state index >= 15 is 0 Å². The predicted molar refractivity (Wildman–Crippen MR) is 64.7 cm³/mol. The van der Waals surface area contributed by atoms with Gasteiger partial charge in [0.25, 0.3) is 0 Å². The molecule has 3 fully saturated rings. The summed E-state index contributed by atoms with van der Waals surface area (Å²) in [5.41, 5.74) is 0. The smallest absolute Gasteiger partial charge is 0.168 e. The van der Waals surface area contributed by atoms with Gasteiger partial charge in [-0.25, -0.2) is 0 Å². The van der Waals surface area contributed by atoms with E-state index in [1.54, 1.807) is 0 Å². The summed E-state index contributed by atoms with van der Waals surface area (Å²) in [5.74, 6) is 1.90. The molecule has 0 radical (unpaired) electrons. The van der Waals surface area contributed by atoms with Crippen LogP contribution < -0.4 is 0 Å². The lowest BCUT2D eigenvalue weighted by Crippen LogP contribution is -2.41. The van der Waals surface area contributed by atoms with E-state index in [1.165, 1.54) is 12.8 Å². The van der Waals surface area contributed by atoms with Gasteiger partial charge in [-0.1, -0.05) is 13.8 Å². The van der Waals surface area contributed by atoms with Gasteiger partial charge in [-0.2, -0.15) is 0 Å². The van der Waals surface area contributed by atoms with Gasteiger partial charge < -0.3 is 14.2 Å². The van der Waals surface area contributed by atoms with Gasteiger partial charge in [-0.3, -0.25) is 0 Å². The fourth-order valence-corrected chi connectivity index (χ4v) is 3.78. The summed E-state index contributed by atoms with van der Waals surface area (Å²) in [6.07, 6.45) is 5.01. The Bertz CT molecular complexity index is 271. The maximum absolute atomic E-state index is 6.00. The van der Waals surface area contributed by atoms with Crippen LogP contribution in [-0.4, -0.2) is 31.7 Å². The monoisotopic (exact) mass is 240 g/mol. The molecule has 98 valence electrons. The Balaban J connectivity index is 1.63. The van der Waals surface area contributed by atoms with Crippen molar-refractivity contribution in [2.24, 2.45) is 17.8 Å². The summed E-state index contributed by atoms with van der Waals surface area (Å²) >= 11 is 0. The highest BCUT2D eigenvalue weighted by Crippen LogP contribution is 2.47. The van der Waals surface area contributed by atoms with E-state index in [0.29, 0.717) is 12.0 Å². The Morgan fingerprint density at radius 1 is 1.24 bits per heavy atom. The average Bonchev–Trinajstić information content (AvgIpc) is 2.87. The zero-order valence-electron chi connectivity index (χ0n) is 11.0. The summed E-state index contributed by atoms with van der Waals surface area (Å²) in [4.78, 5) is 0. The molecule has 0 N–H and O–H groups in total. The van der Waals surface area contributed by atoms with Crippen molar-refractivity contribution in [3.8, 4) is 0 Å². The SMILES string of the molecule is CC(C)CC1OCC2CC3(CCC21)OCCO3. The third-order valence-electron chi connectivity index (χ3n) is 4.56. The van der Waals surface area contributed by atoms with E-state index in [-0.39, 0.29) is 5.79 Å². The molecule has 0 aromatic carbocycles. The van der Waals surface area contributed by atoms with Crippen molar-refractivity contribution in [2.45, 2.75) is 51.4 Å². The lowest BCUT2D eigenvalue weighted by atomic mass is 9.74. The molecule has 3 heteroatoms. The van der Waals surface area contributed by atoms with Crippen LogP contribution in [0.4, 0.5) is 0 Å². The second-order valence-corrected chi connectivity index (χ2v) is 6.28. The molecule has 2 saturated heterocycles. The fraction of sp³-hybridized carbons (Fsp3) is 1.00. The number of hydrogen-bond donors (Lipinski definition) is 0. The molecule has 3 nitrogen and oxygen atoms in total. The molecule has 3 rings (SSSR count). The van der Waals surface area contributed by atoms with Crippen molar-refractivity contribution in [1.82, 2.24) is 0 Å². The van der Waals surface area contributed by atoms with Gasteiger partial charge in [0.15, 0.2) is 5.79 Å². The summed E-state index contributed by atoms with van der Waals surface area (Å²) in [5, 5.41) is 0. The molecule has 1 spiro atoms. The number of rotatable bonds is 2. The Labute approximate surface area is 104 Å². The van der Waals surface area contributed by atoms with E-state index in [1.807, 2.05) is 0 Å². The lowest BCUT2D eigenvalue weighted by Gasteiger charge is -2.38. The van der Waals surface area contributed by atoms with Gasteiger partial charge >= 0.3 is 0 Å². The largest absolute Gasteiger partial charge is 0.378 e. The van der Waals surface area contributed by atoms with Crippen LogP contribution in [-0.2, 0) is 14.2 Å². The second-order valence-electron chi connectivity index (χ2n) is 6.28. The first-order valence-corrected chi connectivity index (χ1v) is 7.08. The molecule has 1 saturated carbocycles. The Kier molecular flexibility index (Phi) is 3.18. The number of fused-ring (bicyclic) bond motifs is 1. The molecule has 3 atom stereocenters. The van der Waals surface area contributed by atoms with E-state index in [9.17, 15) is 0 Å². The van der Waals surface area contributed by atoms with Crippen molar-refractivity contribution in [3.05, 3.63) is 0 Å². The van der Waals surface area contributed by atoms with Gasteiger partial charge in [0.2, 0.25) is 0 Å². The predicted octanol–water partition coefficient (Wildman–Crippen LogP) is 2.59. The highest BCUT2D eigenvalue weighted by atomic mass is 16.7. The standard InChI is InChI=1S/C14H24O3/c1-10(2)7-13-12-3-4-14(16-5-6-17-14)8-11(12)9-15-13/h10-13H,3-9H2,1-2H3. The molecule has 17 heavy (non-hydrogen) atoms. The maximum Gasteiger partial charge on any atom is 0.168 e. The second kappa shape index (κ2) is 4.52. The third-order valence-corrected chi connectivity index (χ3v) is 4.56. The first-order valence-electron chi connectivity index (χ1n) is 7.08. The molecular weight excluding hydrogens is 216 g/mol. The van der Waals surface area contributed by atoms with Crippen molar-refractivity contribution in [3.63, 3.8) is 0 Å². The zero-order chi connectivity index (χ0) is 11.9. The van der Waals surface area contributed by atoms with Gasteiger partial charge in [-0.05, 0) is 30.6 Å². The van der Waals surface area contributed by atoms with Gasteiger partial charge in [-0.15, -0.1) is 0 Å². The summed E-state index contributed by atoms with van der Waals surface area (Å²) in [6, 6.07) is 0. The molecule has 3 unspecified atom stereocenters. The first-order chi connectivity index (χ1) is 8.19. The van der Waals surface area contributed by atoms with Crippen LogP contribution in [0.2, 0.25) is 0 Å². The van der Waals surface area contributed by atoms with E-state index in [2.05, 4.69) is 13.8 Å². The Morgan fingerprint density at radius 3 is 2.71 bits per heavy atom. The molecule has 0 bridgehead atoms. The van der Waals surface area contributed by atoms with Crippen LogP contribution in [0.1, 0.15) is 39.5 Å². The van der Waals surface area contributed by atoms with Crippen molar-refractivity contribution in [2.75, 3.05) is 19.8 Å². The minimum Gasteiger partial charge on any atom is -0.378 e. The quantitative estimate of drug-likeness (QED) is 0.742. The van der Waals surface area contributed by atoms with E-state index in [4.69, 9.17) is 14.2 Å². The third kappa shape index (κ3) is 2.25. The van der Waals surface area contributed by atoms with Crippen LogP contribution in [0, 0.1) is 17.8 Å². The normalized spacial score (nSPS) is 40.1. The first kappa shape index (κ1) is 11.9. The molecule has 0 aromatic rings. The average molecular weight is 240 g/mol. The molecular formula is C14H24O3. The molecule has 0 amide bonds. The molecule has 3 aliphatic rings. The topological polar surface area (TPSA) is 27.7 Å². The highest BCUT2D eigenvalue weighted by molar-refractivity contribution is 4.94. The van der Waals surface area contributed by atoms with E-state index in [0.717, 1.165) is 44.5 Å². The Hall–Kier alpha value is -0.120. The van der Waals surface area contributed by atoms with Crippen molar-refractivity contribution >= 4 is 0 Å². The molecule has 2 heterocycles. The van der Waals surface area contributed by atoms with Crippen LogP contribution in [0.15, 0.2) is 0 Å². The van der Waals surface area contributed by atoms with Gasteiger partial charge in [0.05, 0.1) is 25.9 Å². The summed E-state index contributed by atoms with van der Waals surface area (Å²) < 4.78 is 17.7. The summed E-state index contributed by atoms with van der Waals surface area (Å²) in [6.45, 7) is 7.02. The highest BCUT2D eigenvalue weighted by Gasteiger charge is 2.49. The number of hydrogen-bond acceptors (Lipinski definition) is 3. The molecule has 1 aliphatic carbocycles. The van der Waals surface area contributed by atoms with Crippen LogP contribution in [0.3, 0.4) is 0 Å². The van der Waals surface area contributed by atoms with Crippen molar-refractivity contribution in [1.29, 1.82) is 0 Å². The van der Waals surface area contributed by atoms with Crippen LogP contribution in [0.25, 0.3) is 0 Å². The number of ether oxygens (including phenoxy) is 3. The fourth-order valence-electron chi connectivity index (χ4n) is 3.78. The minimum absolute atomic E-state index is 0.239. The van der Waals surface area contributed by atoms with Crippen molar-refractivity contribution < 1.29 is 14.2 Å². The summed E-state index contributed by atoms with van der Waals surface area (Å²) in [7, 11) is 0. The van der Waals surface area contributed by atoms with Gasteiger partial charge in [0.1, 0.15) is 0 Å². The van der Waals surface area contributed by atoms with Gasteiger partial charge in [0, 0.05) is 12.8 Å². The molecule has 0 aromatic heterocycles. The maximum atomic E-state index is 6.00. The minimum atomic E-state index is -0.239. The van der Waals surface area contributed by atoms with Crippen LogP contribution >= 0.6 is 0 Å².